The summed E-state index contributed by atoms with van der Waals surface area (Å²) in [7, 11) is 0. The summed E-state index contributed by atoms with van der Waals surface area (Å²) in [6.45, 7) is 7.20. The minimum absolute atomic E-state index is 0.355. The average Bonchev–Trinajstić information content (AvgIpc) is 2.83. The highest BCUT2D eigenvalue weighted by Crippen LogP contribution is 2.26. The second kappa shape index (κ2) is 4.72. The number of hydrogen-bond donors (Lipinski definition) is 1. The Morgan fingerprint density at radius 3 is 3.07 bits per heavy atom. The number of hydrogen-bond acceptors (Lipinski definition) is 5. The lowest BCUT2D eigenvalue weighted by atomic mass is 9.98. The Kier molecular flexibility index (Phi) is 3.33. The van der Waals surface area contributed by atoms with Gasteiger partial charge in [0.25, 0.3) is 0 Å². The standard InChI is InChI=1S/C10H17N3O2/c1-3-14-6-9-12-10(15-13-9)8-5-11-4-7(8)2/h7-8,11H,3-6H2,1-2H3/t7-,8-/m1/s1. The van der Waals surface area contributed by atoms with Crippen molar-refractivity contribution in [1.29, 1.82) is 0 Å². The van der Waals surface area contributed by atoms with Gasteiger partial charge in [-0.3, -0.25) is 0 Å². The fourth-order valence-electron chi connectivity index (χ4n) is 1.81. The Bertz CT molecular complexity index is 313. The first kappa shape index (κ1) is 10.6. The molecule has 1 N–H and O–H groups in total. The fourth-order valence-corrected chi connectivity index (χ4v) is 1.81. The normalized spacial score (nSPS) is 26.0. The van der Waals surface area contributed by atoms with Gasteiger partial charge >= 0.3 is 0 Å². The lowest BCUT2D eigenvalue weighted by Crippen LogP contribution is -2.08. The summed E-state index contributed by atoms with van der Waals surface area (Å²) in [6, 6.07) is 0. The van der Waals surface area contributed by atoms with Gasteiger partial charge in [0.15, 0.2) is 5.82 Å². The van der Waals surface area contributed by atoms with Crippen LogP contribution in [0, 0.1) is 5.92 Å². The molecule has 1 aliphatic rings. The van der Waals surface area contributed by atoms with Crippen LogP contribution in [0.5, 0.6) is 0 Å². The first-order valence-electron chi connectivity index (χ1n) is 5.42. The molecule has 2 rings (SSSR count). The van der Waals surface area contributed by atoms with Crippen molar-refractivity contribution in [3.05, 3.63) is 11.7 Å². The highest BCUT2D eigenvalue weighted by atomic mass is 16.5. The molecule has 0 aromatic carbocycles. The van der Waals surface area contributed by atoms with Gasteiger partial charge < -0.3 is 14.6 Å². The minimum atomic E-state index is 0.355. The fraction of sp³-hybridized carbons (Fsp3) is 0.800. The van der Waals surface area contributed by atoms with E-state index in [1.54, 1.807) is 0 Å². The first-order valence-corrected chi connectivity index (χ1v) is 5.42. The van der Waals surface area contributed by atoms with Gasteiger partial charge in [0.2, 0.25) is 5.89 Å². The van der Waals surface area contributed by atoms with Crippen LogP contribution in [0.1, 0.15) is 31.5 Å². The topological polar surface area (TPSA) is 60.2 Å². The van der Waals surface area contributed by atoms with Crippen molar-refractivity contribution in [3.63, 3.8) is 0 Å². The SMILES string of the molecule is CCOCc1noc([C@@H]2CNC[C@H]2C)n1. The van der Waals surface area contributed by atoms with Gasteiger partial charge in [0.05, 0.1) is 5.92 Å². The number of nitrogens with one attached hydrogen (secondary N) is 1. The Hall–Kier alpha value is -0.940. The largest absolute Gasteiger partial charge is 0.374 e. The maximum absolute atomic E-state index is 5.23. The number of aromatic nitrogens is 2. The van der Waals surface area contributed by atoms with Crippen molar-refractivity contribution in [2.75, 3.05) is 19.7 Å². The van der Waals surface area contributed by atoms with Crippen molar-refractivity contribution < 1.29 is 9.26 Å². The molecule has 15 heavy (non-hydrogen) atoms. The van der Waals surface area contributed by atoms with E-state index >= 15 is 0 Å². The highest BCUT2D eigenvalue weighted by molar-refractivity contribution is 5.00. The molecule has 5 heteroatoms. The maximum atomic E-state index is 5.23. The summed E-state index contributed by atoms with van der Waals surface area (Å²) >= 11 is 0. The smallest absolute Gasteiger partial charge is 0.231 e. The molecule has 0 aliphatic carbocycles. The predicted molar refractivity (Wildman–Crippen MR) is 54.4 cm³/mol. The summed E-state index contributed by atoms with van der Waals surface area (Å²) in [5.74, 6) is 2.30. The number of rotatable bonds is 4. The van der Waals surface area contributed by atoms with Crippen LogP contribution in [0.3, 0.4) is 0 Å². The molecule has 2 atom stereocenters. The van der Waals surface area contributed by atoms with Crippen LogP contribution in [0.4, 0.5) is 0 Å². The van der Waals surface area contributed by atoms with Gasteiger partial charge in [-0.25, -0.2) is 0 Å². The Labute approximate surface area is 89.2 Å². The van der Waals surface area contributed by atoms with E-state index in [1.165, 1.54) is 0 Å². The molecule has 1 aromatic heterocycles. The van der Waals surface area contributed by atoms with Crippen LogP contribution in [0.25, 0.3) is 0 Å². The summed E-state index contributed by atoms with van der Waals surface area (Å²) in [4.78, 5) is 4.34. The van der Waals surface area contributed by atoms with E-state index in [2.05, 4.69) is 22.4 Å². The number of ether oxygens (including phenoxy) is 1. The Morgan fingerprint density at radius 2 is 2.40 bits per heavy atom. The van der Waals surface area contributed by atoms with Crippen molar-refractivity contribution in [2.45, 2.75) is 26.4 Å². The van der Waals surface area contributed by atoms with Crippen LogP contribution in [0.2, 0.25) is 0 Å². The molecule has 0 amide bonds. The highest BCUT2D eigenvalue weighted by Gasteiger charge is 2.29. The maximum Gasteiger partial charge on any atom is 0.231 e. The Morgan fingerprint density at radius 1 is 1.53 bits per heavy atom. The van der Waals surface area contributed by atoms with E-state index in [0.717, 1.165) is 19.0 Å². The lowest BCUT2D eigenvalue weighted by molar-refractivity contribution is 0.126. The van der Waals surface area contributed by atoms with Gasteiger partial charge in [-0.05, 0) is 19.4 Å². The second-order valence-corrected chi connectivity index (χ2v) is 3.93. The van der Waals surface area contributed by atoms with Crippen LogP contribution in [-0.4, -0.2) is 29.8 Å². The van der Waals surface area contributed by atoms with E-state index in [0.29, 0.717) is 30.9 Å². The number of nitrogens with zero attached hydrogens (tertiary/aromatic N) is 2. The second-order valence-electron chi connectivity index (χ2n) is 3.93. The summed E-state index contributed by atoms with van der Waals surface area (Å²) in [5, 5.41) is 7.21. The Balaban J connectivity index is 1.99. The zero-order valence-electron chi connectivity index (χ0n) is 9.19. The first-order chi connectivity index (χ1) is 7.31. The van der Waals surface area contributed by atoms with Crippen LogP contribution in [0.15, 0.2) is 4.52 Å². The molecular formula is C10H17N3O2. The molecule has 5 nitrogen and oxygen atoms in total. The molecule has 0 bridgehead atoms. The van der Waals surface area contributed by atoms with Crippen LogP contribution >= 0.6 is 0 Å². The minimum Gasteiger partial charge on any atom is -0.374 e. The van der Waals surface area contributed by atoms with Crippen LogP contribution in [-0.2, 0) is 11.3 Å². The quantitative estimate of drug-likeness (QED) is 0.802. The van der Waals surface area contributed by atoms with Gasteiger partial charge in [0.1, 0.15) is 6.61 Å². The lowest BCUT2D eigenvalue weighted by Gasteiger charge is -2.07. The van der Waals surface area contributed by atoms with E-state index in [1.807, 2.05) is 6.92 Å². The molecule has 1 aromatic rings. The van der Waals surface area contributed by atoms with E-state index < -0.39 is 0 Å². The van der Waals surface area contributed by atoms with Gasteiger partial charge in [0, 0.05) is 13.2 Å². The van der Waals surface area contributed by atoms with Gasteiger partial charge in [-0.15, -0.1) is 0 Å². The summed E-state index contributed by atoms with van der Waals surface area (Å²) < 4.78 is 10.5. The van der Waals surface area contributed by atoms with E-state index in [4.69, 9.17) is 9.26 Å². The molecule has 2 heterocycles. The predicted octanol–water partition coefficient (Wildman–Crippen LogP) is 0.929. The molecule has 0 radical (unpaired) electrons. The zero-order valence-corrected chi connectivity index (χ0v) is 9.19. The molecule has 84 valence electrons. The third-order valence-electron chi connectivity index (χ3n) is 2.75. The molecule has 1 aliphatic heterocycles. The van der Waals surface area contributed by atoms with Crippen molar-refractivity contribution in [1.82, 2.24) is 15.5 Å². The summed E-state index contributed by atoms with van der Waals surface area (Å²) in [6.07, 6.45) is 0. The van der Waals surface area contributed by atoms with Crippen LogP contribution < -0.4 is 5.32 Å². The average molecular weight is 211 g/mol. The van der Waals surface area contributed by atoms with E-state index in [9.17, 15) is 0 Å². The monoisotopic (exact) mass is 211 g/mol. The van der Waals surface area contributed by atoms with Crippen molar-refractivity contribution >= 4 is 0 Å². The molecule has 0 saturated carbocycles. The summed E-state index contributed by atoms with van der Waals surface area (Å²) in [5.41, 5.74) is 0. The third kappa shape index (κ3) is 2.35. The van der Waals surface area contributed by atoms with Crippen molar-refractivity contribution in [3.8, 4) is 0 Å². The van der Waals surface area contributed by atoms with E-state index in [-0.39, 0.29) is 0 Å². The zero-order chi connectivity index (χ0) is 10.7. The molecule has 0 spiro atoms. The third-order valence-corrected chi connectivity index (χ3v) is 2.75. The molecule has 1 fully saturated rings. The molecular weight excluding hydrogens is 194 g/mol. The molecule has 0 unspecified atom stereocenters. The van der Waals surface area contributed by atoms with Gasteiger partial charge in [-0.1, -0.05) is 12.1 Å². The molecule has 1 saturated heterocycles. The van der Waals surface area contributed by atoms with Gasteiger partial charge in [-0.2, -0.15) is 4.98 Å². The van der Waals surface area contributed by atoms with Crippen molar-refractivity contribution in [2.24, 2.45) is 5.92 Å².